The van der Waals surface area contributed by atoms with E-state index in [9.17, 15) is 0 Å². The number of anilines is 1. The fraction of sp³-hybridized carbons (Fsp3) is 0.200. The molecule has 1 aromatic carbocycles. The molecule has 2 heteroatoms. The van der Waals surface area contributed by atoms with Gasteiger partial charge in [0.25, 0.3) is 0 Å². The number of nitrogens with one attached hydrogen (secondary N) is 1. The molecule has 1 unspecified atom stereocenters. The van der Waals surface area contributed by atoms with Crippen molar-refractivity contribution < 1.29 is 0 Å². The van der Waals surface area contributed by atoms with Crippen molar-refractivity contribution in [1.29, 1.82) is 0 Å². The second kappa shape index (κ2) is 4.91. The van der Waals surface area contributed by atoms with Crippen molar-refractivity contribution in [1.82, 2.24) is 0 Å². The molecule has 2 rings (SSSR count). The summed E-state index contributed by atoms with van der Waals surface area (Å²) in [6.45, 7) is 3.04. The Bertz CT molecular complexity index is 457. The first-order valence-electron chi connectivity index (χ1n) is 5.81. The molecule has 0 fully saturated rings. The van der Waals surface area contributed by atoms with Gasteiger partial charge in [-0.15, -0.1) is 0 Å². The molecule has 3 N–H and O–H groups in total. The number of allylic oxidation sites excluding steroid dienone is 3. The van der Waals surface area contributed by atoms with Crippen LogP contribution in [0.1, 0.15) is 6.92 Å². The molecule has 1 atom stereocenters. The lowest BCUT2D eigenvalue weighted by atomic mass is 9.90. The number of hydrogen-bond acceptors (Lipinski definition) is 2. The normalized spacial score (nSPS) is 23.0. The Balaban J connectivity index is 2.02. The van der Waals surface area contributed by atoms with Gasteiger partial charge >= 0.3 is 0 Å². The summed E-state index contributed by atoms with van der Waals surface area (Å²) in [5.74, 6) is 0. The van der Waals surface area contributed by atoms with Gasteiger partial charge < -0.3 is 11.1 Å². The number of benzene rings is 1. The lowest BCUT2D eigenvalue weighted by Crippen LogP contribution is -2.21. The van der Waals surface area contributed by atoms with E-state index in [2.05, 4.69) is 36.5 Å². The molecule has 1 aromatic rings. The summed E-state index contributed by atoms with van der Waals surface area (Å²) in [6.07, 6.45) is 10.2. The first-order chi connectivity index (χ1) is 8.18. The van der Waals surface area contributed by atoms with Gasteiger partial charge in [-0.2, -0.15) is 0 Å². The molecule has 0 aliphatic heterocycles. The highest BCUT2D eigenvalue weighted by atomic mass is 14.9. The van der Waals surface area contributed by atoms with Crippen LogP contribution in [0.4, 0.5) is 5.69 Å². The van der Waals surface area contributed by atoms with Crippen molar-refractivity contribution in [3.63, 3.8) is 0 Å². The molecule has 1 aliphatic rings. The van der Waals surface area contributed by atoms with Crippen LogP contribution in [0.15, 0.2) is 66.4 Å². The number of nitrogens with two attached hydrogens (primary N) is 1. The van der Waals surface area contributed by atoms with E-state index in [4.69, 9.17) is 5.73 Å². The largest absolute Gasteiger partial charge is 0.399 e. The first kappa shape index (κ1) is 11.5. The summed E-state index contributed by atoms with van der Waals surface area (Å²) >= 11 is 0. The molecule has 0 aromatic heterocycles. The zero-order chi connectivity index (χ0) is 12.1. The zero-order valence-corrected chi connectivity index (χ0v) is 10.1. The van der Waals surface area contributed by atoms with Crippen LogP contribution in [0.3, 0.4) is 0 Å². The second-order valence-corrected chi connectivity index (χ2v) is 4.58. The van der Waals surface area contributed by atoms with Crippen molar-refractivity contribution in [2.75, 3.05) is 11.9 Å². The highest BCUT2D eigenvalue weighted by Crippen LogP contribution is 2.23. The molecular formula is C15H18N2. The minimum atomic E-state index is -0.00649. The highest BCUT2D eigenvalue weighted by Gasteiger charge is 2.17. The van der Waals surface area contributed by atoms with Gasteiger partial charge in [-0.05, 0) is 24.3 Å². The Morgan fingerprint density at radius 3 is 2.71 bits per heavy atom. The lowest BCUT2D eigenvalue weighted by Gasteiger charge is -2.22. The Hall–Kier alpha value is -1.96. The standard InChI is InChI=1S/C15H18N2/c1-15(10-5-6-13(16)9-11-15)12-17-14-7-3-2-4-8-14/h2-11,17H,12,16H2,1H3. The Kier molecular flexibility index (Phi) is 3.33. The summed E-state index contributed by atoms with van der Waals surface area (Å²) < 4.78 is 0. The van der Waals surface area contributed by atoms with Crippen LogP contribution >= 0.6 is 0 Å². The third-order valence-electron chi connectivity index (χ3n) is 2.87. The van der Waals surface area contributed by atoms with Gasteiger partial charge in [0.05, 0.1) is 0 Å². The minimum absolute atomic E-state index is 0.00649. The number of hydrogen-bond donors (Lipinski definition) is 2. The maximum absolute atomic E-state index is 5.77. The molecular weight excluding hydrogens is 208 g/mol. The number of rotatable bonds is 3. The topological polar surface area (TPSA) is 38.0 Å². The molecule has 0 saturated carbocycles. The van der Waals surface area contributed by atoms with E-state index in [1.54, 1.807) is 0 Å². The van der Waals surface area contributed by atoms with Gasteiger partial charge in [0.1, 0.15) is 0 Å². The van der Waals surface area contributed by atoms with Crippen LogP contribution in [0, 0.1) is 5.41 Å². The van der Waals surface area contributed by atoms with Crippen LogP contribution in [-0.4, -0.2) is 6.54 Å². The Labute approximate surface area is 103 Å². The molecule has 1 aliphatic carbocycles. The Morgan fingerprint density at radius 2 is 1.94 bits per heavy atom. The molecule has 0 bridgehead atoms. The fourth-order valence-corrected chi connectivity index (χ4v) is 1.74. The molecule has 17 heavy (non-hydrogen) atoms. The summed E-state index contributed by atoms with van der Waals surface area (Å²) in [5.41, 5.74) is 7.69. The maximum Gasteiger partial charge on any atom is 0.0340 e. The highest BCUT2D eigenvalue weighted by molar-refractivity contribution is 5.43. The Morgan fingerprint density at radius 1 is 1.18 bits per heavy atom. The van der Waals surface area contributed by atoms with Gasteiger partial charge in [-0.25, -0.2) is 0 Å². The molecule has 0 saturated heterocycles. The summed E-state index contributed by atoms with van der Waals surface area (Å²) in [7, 11) is 0. The zero-order valence-electron chi connectivity index (χ0n) is 10.1. The average Bonchev–Trinajstić information content (AvgIpc) is 2.51. The maximum atomic E-state index is 5.77. The smallest absolute Gasteiger partial charge is 0.0340 e. The predicted octanol–water partition coefficient (Wildman–Crippen LogP) is 3.07. The quantitative estimate of drug-likeness (QED) is 0.831. The van der Waals surface area contributed by atoms with E-state index >= 15 is 0 Å². The second-order valence-electron chi connectivity index (χ2n) is 4.58. The van der Waals surface area contributed by atoms with E-state index in [0.29, 0.717) is 0 Å². The van der Waals surface area contributed by atoms with E-state index in [1.807, 2.05) is 36.4 Å². The SMILES string of the molecule is CC1(CNc2ccccc2)C=CC=C(N)C=C1. The monoisotopic (exact) mass is 226 g/mol. The average molecular weight is 226 g/mol. The minimum Gasteiger partial charge on any atom is -0.399 e. The molecule has 0 spiro atoms. The summed E-state index contributed by atoms with van der Waals surface area (Å²) in [6, 6.07) is 10.2. The first-order valence-corrected chi connectivity index (χ1v) is 5.81. The lowest BCUT2D eigenvalue weighted by molar-refractivity contribution is 0.588. The van der Waals surface area contributed by atoms with E-state index in [1.165, 1.54) is 0 Å². The summed E-state index contributed by atoms with van der Waals surface area (Å²) in [4.78, 5) is 0. The van der Waals surface area contributed by atoms with Crippen LogP contribution in [0.2, 0.25) is 0 Å². The molecule has 2 nitrogen and oxygen atoms in total. The van der Waals surface area contributed by atoms with Crippen LogP contribution in [0.5, 0.6) is 0 Å². The van der Waals surface area contributed by atoms with Gasteiger partial charge in [0.15, 0.2) is 0 Å². The molecule has 0 radical (unpaired) electrons. The van der Waals surface area contributed by atoms with Crippen molar-refractivity contribution in [3.8, 4) is 0 Å². The van der Waals surface area contributed by atoms with Crippen molar-refractivity contribution in [2.24, 2.45) is 11.1 Å². The van der Waals surface area contributed by atoms with E-state index in [-0.39, 0.29) is 5.41 Å². The van der Waals surface area contributed by atoms with Crippen LogP contribution in [-0.2, 0) is 0 Å². The van der Waals surface area contributed by atoms with Crippen molar-refractivity contribution in [3.05, 3.63) is 66.4 Å². The third-order valence-corrected chi connectivity index (χ3v) is 2.87. The predicted molar refractivity (Wildman–Crippen MR) is 73.6 cm³/mol. The summed E-state index contributed by atoms with van der Waals surface area (Å²) in [5, 5.41) is 3.43. The van der Waals surface area contributed by atoms with Crippen molar-refractivity contribution in [2.45, 2.75) is 6.92 Å². The van der Waals surface area contributed by atoms with Crippen molar-refractivity contribution >= 4 is 5.69 Å². The molecule has 0 heterocycles. The van der Waals surface area contributed by atoms with E-state index in [0.717, 1.165) is 17.9 Å². The van der Waals surface area contributed by atoms with Crippen LogP contribution < -0.4 is 11.1 Å². The van der Waals surface area contributed by atoms with E-state index < -0.39 is 0 Å². The van der Waals surface area contributed by atoms with Gasteiger partial charge in [-0.3, -0.25) is 0 Å². The van der Waals surface area contributed by atoms with Gasteiger partial charge in [0, 0.05) is 23.3 Å². The number of para-hydroxylation sites is 1. The third kappa shape index (κ3) is 3.25. The molecule has 0 amide bonds. The molecule has 88 valence electrons. The fourth-order valence-electron chi connectivity index (χ4n) is 1.74. The van der Waals surface area contributed by atoms with Gasteiger partial charge in [-0.1, -0.05) is 43.4 Å². The van der Waals surface area contributed by atoms with Crippen LogP contribution in [0.25, 0.3) is 0 Å². The van der Waals surface area contributed by atoms with Gasteiger partial charge in [0.2, 0.25) is 0 Å².